The molecule has 0 atom stereocenters. The van der Waals surface area contributed by atoms with E-state index < -0.39 is 8.19 Å². The molecular formula is C2H7BOSi. The highest BCUT2D eigenvalue weighted by Crippen LogP contribution is 1.81. The van der Waals surface area contributed by atoms with Crippen LogP contribution >= 0.6 is 0 Å². The number of hydrogen-bond acceptors (Lipinski definition) is 1. The van der Waals surface area contributed by atoms with Gasteiger partial charge < -0.3 is 4.80 Å². The first kappa shape index (κ1) is 5.24. The Labute approximate surface area is 34.5 Å². The van der Waals surface area contributed by atoms with E-state index >= 15 is 0 Å². The van der Waals surface area contributed by atoms with E-state index in [-0.39, 0.29) is 0 Å². The van der Waals surface area contributed by atoms with Crippen molar-refractivity contribution in [2.24, 2.45) is 0 Å². The van der Waals surface area contributed by atoms with Gasteiger partial charge >= 0.3 is 0 Å². The van der Waals surface area contributed by atoms with Crippen LogP contribution in [0.25, 0.3) is 0 Å². The van der Waals surface area contributed by atoms with Crippen LogP contribution in [-0.2, 0) is 0 Å². The molecule has 3 heteroatoms. The summed E-state index contributed by atoms with van der Waals surface area (Å²) in [5, 5.41) is 0. The van der Waals surface area contributed by atoms with E-state index in [4.69, 9.17) is 12.2 Å². The van der Waals surface area contributed by atoms with Crippen LogP contribution < -0.4 is 0 Å². The minimum Gasteiger partial charge on any atom is -0.441 e. The molecule has 0 amide bonds. The predicted molar refractivity (Wildman–Crippen MR) is 25.5 cm³/mol. The van der Waals surface area contributed by atoms with Crippen LogP contribution in [-0.4, -0.2) is 20.4 Å². The van der Waals surface area contributed by atoms with Crippen molar-refractivity contribution in [2.75, 3.05) is 0 Å². The summed E-state index contributed by atoms with van der Waals surface area (Å²) < 4.78 is 0. The maximum absolute atomic E-state index is 8.44. The molecule has 0 aliphatic carbocycles. The lowest BCUT2D eigenvalue weighted by Gasteiger charge is -2.01. The van der Waals surface area contributed by atoms with Crippen molar-refractivity contribution < 1.29 is 4.80 Å². The van der Waals surface area contributed by atoms with E-state index in [2.05, 4.69) is 0 Å². The Morgan fingerprint density at radius 2 is 1.60 bits per heavy atom. The highest BCUT2D eigenvalue weighted by molar-refractivity contribution is 7.11. The van der Waals surface area contributed by atoms with Gasteiger partial charge in [0.2, 0.25) is 0 Å². The predicted octanol–water partition coefficient (Wildman–Crippen LogP) is -0.151. The number of hydrogen-bond donors (Lipinski definition) is 1. The van der Waals surface area contributed by atoms with Crippen molar-refractivity contribution >= 4 is 15.6 Å². The van der Waals surface area contributed by atoms with Gasteiger partial charge in [0.25, 0.3) is 0 Å². The lowest BCUT2D eigenvalue weighted by molar-refractivity contribution is 0.577. The maximum atomic E-state index is 8.44. The maximum Gasteiger partial charge on any atom is 0.131 e. The molecule has 0 bridgehead atoms. The average molecular weight is 86.0 g/mol. The molecule has 0 saturated carbocycles. The zero-order valence-corrected chi connectivity index (χ0v) is 4.52. The molecular weight excluding hydrogens is 78.9 g/mol. The Morgan fingerprint density at radius 3 is 1.60 bits per heavy atom. The molecule has 28 valence electrons. The standard InChI is InChI=1S/C2H7BOSi/c1-5(2,3)4/h4H,1-2H3. The van der Waals surface area contributed by atoms with E-state index in [1.165, 1.54) is 0 Å². The molecule has 5 heavy (non-hydrogen) atoms. The van der Waals surface area contributed by atoms with Crippen LogP contribution in [0.15, 0.2) is 0 Å². The largest absolute Gasteiger partial charge is 0.441 e. The fraction of sp³-hybridized carbons (Fsp3) is 1.00. The first-order chi connectivity index (χ1) is 2.00. The molecule has 0 aromatic heterocycles. The summed E-state index contributed by atoms with van der Waals surface area (Å²) in [7, 11) is 2.94. The zero-order valence-electron chi connectivity index (χ0n) is 3.52. The molecule has 0 rings (SSSR count). The van der Waals surface area contributed by atoms with Gasteiger partial charge in [-0.05, 0) is 0 Å². The van der Waals surface area contributed by atoms with Gasteiger partial charge in [0.15, 0.2) is 0 Å². The molecule has 0 unspecified atom stereocenters. The summed E-state index contributed by atoms with van der Waals surface area (Å²) in [5.41, 5.74) is 0. The van der Waals surface area contributed by atoms with Gasteiger partial charge in [0, 0.05) is 0 Å². The Hall–Kier alpha value is 0.242. The molecule has 0 fully saturated rings. The zero-order chi connectivity index (χ0) is 4.50. The Balaban J connectivity index is 3.02. The van der Waals surface area contributed by atoms with Gasteiger partial charge in [-0.2, -0.15) is 0 Å². The normalized spacial score (nSPS) is 11.8. The molecule has 1 nitrogen and oxygen atoms in total. The van der Waals surface area contributed by atoms with Gasteiger partial charge in [0.1, 0.15) is 8.19 Å². The number of rotatable bonds is 0. The van der Waals surface area contributed by atoms with Gasteiger partial charge in [-0.15, -0.1) is 0 Å². The highest BCUT2D eigenvalue weighted by Gasteiger charge is 2.02. The monoisotopic (exact) mass is 86.0 g/mol. The molecule has 0 spiro atoms. The second-order valence-corrected chi connectivity index (χ2v) is 4.96. The van der Waals surface area contributed by atoms with Gasteiger partial charge in [-0.1, -0.05) is 13.1 Å². The third kappa shape index (κ3) is 365. The average Bonchev–Trinajstić information content (AvgIpc) is 0.722. The highest BCUT2D eigenvalue weighted by atomic mass is 28.3. The molecule has 0 heterocycles. The van der Waals surface area contributed by atoms with E-state index in [0.29, 0.717) is 0 Å². The minimum absolute atomic E-state index is 1.66. The van der Waals surface area contributed by atoms with Crippen molar-refractivity contribution in [1.82, 2.24) is 0 Å². The minimum atomic E-state index is -2.11. The smallest absolute Gasteiger partial charge is 0.131 e. The SMILES string of the molecule is [B][Si](C)(C)O. The third-order valence-corrected chi connectivity index (χ3v) is 0. The van der Waals surface area contributed by atoms with Gasteiger partial charge in [-0.25, -0.2) is 0 Å². The van der Waals surface area contributed by atoms with Crippen molar-refractivity contribution in [1.29, 1.82) is 0 Å². The molecule has 2 radical (unpaired) electrons. The van der Waals surface area contributed by atoms with Crippen LogP contribution in [0.4, 0.5) is 0 Å². The van der Waals surface area contributed by atoms with Crippen LogP contribution in [0.3, 0.4) is 0 Å². The van der Waals surface area contributed by atoms with E-state index in [0.717, 1.165) is 0 Å². The summed E-state index contributed by atoms with van der Waals surface area (Å²) >= 11 is 0. The van der Waals surface area contributed by atoms with Crippen molar-refractivity contribution in [3.63, 3.8) is 0 Å². The molecule has 0 aliphatic heterocycles. The van der Waals surface area contributed by atoms with Crippen LogP contribution in [0.5, 0.6) is 0 Å². The summed E-state index contributed by atoms with van der Waals surface area (Å²) in [6, 6.07) is 0. The lowest BCUT2D eigenvalue weighted by atomic mass is 10.7. The van der Waals surface area contributed by atoms with Crippen LogP contribution in [0, 0.1) is 0 Å². The fourth-order valence-electron chi connectivity index (χ4n) is 0. The molecule has 0 aliphatic rings. The van der Waals surface area contributed by atoms with Crippen molar-refractivity contribution in [2.45, 2.75) is 13.1 Å². The Morgan fingerprint density at radius 1 is 1.60 bits per heavy atom. The lowest BCUT2D eigenvalue weighted by Crippen LogP contribution is -2.24. The quantitative estimate of drug-likeness (QED) is 0.406. The first-order valence-corrected chi connectivity index (χ1v) is 4.54. The van der Waals surface area contributed by atoms with Crippen molar-refractivity contribution in [3.8, 4) is 0 Å². The molecule has 0 saturated heterocycles. The van der Waals surface area contributed by atoms with E-state index in [1.54, 1.807) is 13.1 Å². The molecule has 1 N–H and O–H groups in total. The Bertz CT molecular complexity index is 25.1. The summed E-state index contributed by atoms with van der Waals surface area (Å²) in [6.07, 6.45) is 0. The van der Waals surface area contributed by atoms with Crippen LogP contribution in [0.1, 0.15) is 0 Å². The van der Waals surface area contributed by atoms with Crippen LogP contribution in [0.2, 0.25) is 13.1 Å². The Kier molecular flexibility index (Phi) is 1.20. The third-order valence-electron chi connectivity index (χ3n) is 0. The van der Waals surface area contributed by atoms with Crippen molar-refractivity contribution in [3.05, 3.63) is 0 Å². The second kappa shape index (κ2) is 1.14. The molecule has 0 aromatic carbocycles. The van der Waals surface area contributed by atoms with Gasteiger partial charge in [-0.3, -0.25) is 0 Å². The topological polar surface area (TPSA) is 20.2 Å². The van der Waals surface area contributed by atoms with E-state index in [9.17, 15) is 0 Å². The molecule has 0 aromatic rings. The first-order valence-electron chi connectivity index (χ1n) is 1.51. The van der Waals surface area contributed by atoms with E-state index in [1.807, 2.05) is 0 Å². The summed E-state index contributed by atoms with van der Waals surface area (Å²) in [4.78, 5) is 8.44. The van der Waals surface area contributed by atoms with Gasteiger partial charge in [0.05, 0.1) is 7.44 Å². The second-order valence-electron chi connectivity index (χ2n) is 1.65. The summed E-state index contributed by atoms with van der Waals surface area (Å²) in [5.74, 6) is 0. The summed E-state index contributed by atoms with van der Waals surface area (Å²) in [6.45, 7) is 3.32. The fourth-order valence-corrected chi connectivity index (χ4v) is 0.